The molecule has 1 saturated heterocycles. The number of hydrogen-bond donors (Lipinski definition) is 1. The van der Waals surface area contributed by atoms with Crippen molar-refractivity contribution in [2.24, 2.45) is 5.92 Å². The molecule has 1 aromatic carbocycles. The maximum absolute atomic E-state index is 12.8. The van der Waals surface area contributed by atoms with Gasteiger partial charge in [0.15, 0.2) is 0 Å². The molecule has 4 heteroatoms. The third kappa shape index (κ3) is 4.81. The van der Waals surface area contributed by atoms with Gasteiger partial charge in [0, 0.05) is 18.7 Å². The summed E-state index contributed by atoms with van der Waals surface area (Å²) in [6.07, 6.45) is 4.49. The molecule has 0 spiro atoms. The van der Waals surface area contributed by atoms with Crippen molar-refractivity contribution >= 4 is 11.8 Å². The summed E-state index contributed by atoms with van der Waals surface area (Å²) in [4.78, 5) is 27.2. The lowest BCUT2D eigenvalue weighted by Crippen LogP contribution is -2.51. The van der Waals surface area contributed by atoms with Crippen molar-refractivity contribution in [1.82, 2.24) is 10.2 Å². The quantitative estimate of drug-likeness (QED) is 0.927. The van der Waals surface area contributed by atoms with Crippen LogP contribution in [0.4, 0.5) is 0 Å². The molecule has 1 unspecified atom stereocenters. The van der Waals surface area contributed by atoms with Gasteiger partial charge >= 0.3 is 0 Å². The van der Waals surface area contributed by atoms with E-state index in [1.807, 2.05) is 37.8 Å². The molecule has 1 aliphatic heterocycles. The Morgan fingerprint density at radius 2 is 1.57 bits per heavy atom. The third-order valence-corrected chi connectivity index (χ3v) is 4.45. The van der Waals surface area contributed by atoms with E-state index in [4.69, 9.17) is 0 Å². The fraction of sp³-hybridized carbons (Fsp3) is 0.579. The normalized spacial score (nSPS) is 16.8. The molecule has 0 saturated carbocycles. The van der Waals surface area contributed by atoms with Crippen molar-refractivity contribution < 1.29 is 9.59 Å². The molecule has 0 aromatic heterocycles. The van der Waals surface area contributed by atoms with Gasteiger partial charge in [-0.25, -0.2) is 0 Å². The van der Waals surface area contributed by atoms with E-state index < -0.39 is 6.04 Å². The number of hydrogen-bond acceptors (Lipinski definition) is 2. The lowest BCUT2D eigenvalue weighted by atomic mass is 10.0. The van der Waals surface area contributed by atoms with Gasteiger partial charge in [-0.3, -0.25) is 9.59 Å². The molecule has 4 nitrogen and oxygen atoms in total. The first-order valence-electron chi connectivity index (χ1n) is 8.65. The van der Waals surface area contributed by atoms with Crippen LogP contribution in [0.1, 0.15) is 55.5 Å². The number of carbonyl (C=O) groups is 2. The summed E-state index contributed by atoms with van der Waals surface area (Å²) >= 11 is 0. The second-order valence-corrected chi connectivity index (χ2v) is 6.80. The minimum absolute atomic E-state index is 0.0577. The van der Waals surface area contributed by atoms with E-state index in [0.717, 1.165) is 31.5 Å². The Morgan fingerprint density at radius 1 is 1.00 bits per heavy atom. The summed E-state index contributed by atoms with van der Waals surface area (Å²) < 4.78 is 0. The van der Waals surface area contributed by atoms with E-state index >= 15 is 0 Å². The summed E-state index contributed by atoms with van der Waals surface area (Å²) in [5.41, 5.74) is 1.72. The van der Waals surface area contributed by atoms with Crippen LogP contribution in [0.2, 0.25) is 0 Å². The van der Waals surface area contributed by atoms with Crippen molar-refractivity contribution in [2.45, 2.75) is 52.5 Å². The Morgan fingerprint density at radius 3 is 2.09 bits per heavy atom. The standard InChI is InChI=1S/C19H28N2O2/c1-14(2)17(19(23)21-12-6-4-5-7-13-21)20-18(22)16-10-8-15(3)9-11-16/h8-11,14,17H,4-7,12-13H2,1-3H3,(H,20,22). The van der Waals surface area contributed by atoms with E-state index in [9.17, 15) is 9.59 Å². The van der Waals surface area contributed by atoms with Crippen LogP contribution in [0, 0.1) is 12.8 Å². The molecule has 1 atom stereocenters. The molecule has 1 fully saturated rings. The molecule has 2 amide bonds. The van der Waals surface area contributed by atoms with E-state index in [0.29, 0.717) is 5.56 Å². The zero-order chi connectivity index (χ0) is 16.8. The van der Waals surface area contributed by atoms with Crippen molar-refractivity contribution in [3.05, 3.63) is 35.4 Å². The van der Waals surface area contributed by atoms with Crippen LogP contribution in [-0.4, -0.2) is 35.8 Å². The zero-order valence-electron chi connectivity index (χ0n) is 14.5. The number of rotatable bonds is 4. The average Bonchev–Trinajstić information content (AvgIpc) is 2.81. The second-order valence-electron chi connectivity index (χ2n) is 6.80. The van der Waals surface area contributed by atoms with Crippen LogP contribution in [0.3, 0.4) is 0 Å². The fourth-order valence-electron chi connectivity index (χ4n) is 2.93. The summed E-state index contributed by atoms with van der Waals surface area (Å²) in [5, 5.41) is 2.94. The number of benzene rings is 1. The molecule has 1 heterocycles. The zero-order valence-corrected chi connectivity index (χ0v) is 14.5. The highest BCUT2D eigenvalue weighted by molar-refractivity contribution is 5.97. The number of nitrogens with one attached hydrogen (secondary N) is 1. The first-order chi connectivity index (χ1) is 11.0. The minimum atomic E-state index is -0.457. The number of aryl methyl sites for hydroxylation is 1. The van der Waals surface area contributed by atoms with Gasteiger partial charge in [0.25, 0.3) is 5.91 Å². The summed E-state index contributed by atoms with van der Waals surface area (Å²) in [6, 6.07) is 6.98. The number of amides is 2. The molecule has 126 valence electrons. The maximum atomic E-state index is 12.8. The average molecular weight is 316 g/mol. The van der Waals surface area contributed by atoms with Crippen LogP contribution in [0.15, 0.2) is 24.3 Å². The molecule has 23 heavy (non-hydrogen) atoms. The molecule has 1 N–H and O–H groups in total. The minimum Gasteiger partial charge on any atom is -0.341 e. The van der Waals surface area contributed by atoms with Crippen molar-refractivity contribution in [3.8, 4) is 0 Å². The molecule has 2 rings (SSSR count). The Balaban J connectivity index is 2.06. The lowest BCUT2D eigenvalue weighted by Gasteiger charge is -2.29. The summed E-state index contributed by atoms with van der Waals surface area (Å²) in [7, 11) is 0. The predicted molar refractivity (Wildman–Crippen MR) is 92.3 cm³/mol. The molecular formula is C19H28N2O2. The maximum Gasteiger partial charge on any atom is 0.251 e. The Bertz CT molecular complexity index is 529. The monoisotopic (exact) mass is 316 g/mol. The second kappa shape index (κ2) is 8.14. The molecule has 1 aliphatic rings. The first-order valence-corrected chi connectivity index (χ1v) is 8.65. The lowest BCUT2D eigenvalue weighted by molar-refractivity contribution is -0.134. The molecule has 0 bridgehead atoms. The highest BCUT2D eigenvalue weighted by Gasteiger charge is 2.29. The smallest absolute Gasteiger partial charge is 0.251 e. The van der Waals surface area contributed by atoms with Crippen LogP contribution >= 0.6 is 0 Å². The van der Waals surface area contributed by atoms with Crippen LogP contribution in [-0.2, 0) is 4.79 Å². The first kappa shape index (κ1) is 17.5. The topological polar surface area (TPSA) is 49.4 Å². The number of nitrogens with zero attached hydrogens (tertiary/aromatic N) is 1. The molecular weight excluding hydrogens is 288 g/mol. The Hall–Kier alpha value is -1.84. The molecule has 1 aromatic rings. The van der Waals surface area contributed by atoms with Gasteiger partial charge in [-0.15, -0.1) is 0 Å². The van der Waals surface area contributed by atoms with Gasteiger partial charge in [-0.05, 0) is 37.8 Å². The van der Waals surface area contributed by atoms with E-state index in [1.165, 1.54) is 12.8 Å². The van der Waals surface area contributed by atoms with Gasteiger partial charge in [-0.2, -0.15) is 0 Å². The van der Waals surface area contributed by atoms with Gasteiger partial charge in [-0.1, -0.05) is 44.4 Å². The van der Waals surface area contributed by atoms with Gasteiger partial charge in [0.2, 0.25) is 5.91 Å². The highest BCUT2D eigenvalue weighted by atomic mass is 16.2. The van der Waals surface area contributed by atoms with E-state index in [1.54, 1.807) is 12.1 Å². The highest BCUT2D eigenvalue weighted by Crippen LogP contribution is 2.14. The fourth-order valence-corrected chi connectivity index (χ4v) is 2.93. The number of carbonyl (C=O) groups excluding carboxylic acids is 2. The van der Waals surface area contributed by atoms with Crippen molar-refractivity contribution in [2.75, 3.05) is 13.1 Å². The number of likely N-dealkylation sites (tertiary alicyclic amines) is 1. The van der Waals surface area contributed by atoms with Crippen LogP contribution in [0.25, 0.3) is 0 Å². The van der Waals surface area contributed by atoms with E-state index in [2.05, 4.69) is 5.32 Å². The van der Waals surface area contributed by atoms with Gasteiger partial charge < -0.3 is 10.2 Å². The SMILES string of the molecule is Cc1ccc(C(=O)NC(C(=O)N2CCCCCC2)C(C)C)cc1. The summed E-state index contributed by atoms with van der Waals surface area (Å²) in [5.74, 6) is -0.0469. The molecule has 0 radical (unpaired) electrons. The van der Waals surface area contributed by atoms with Gasteiger partial charge in [0.05, 0.1) is 0 Å². The van der Waals surface area contributed by atoms with Crippen LogP contribution < -0.4 is 5.32 Å². The Labute approximate surface area is 139 Å². The van der Waals surface area contributed by atoms with Crippen molar-refractivity contribution in [3.63, 3.8) is 0 Å². The predicted octanol–water partition coefficient (Wildman–Crippen LogP) is 3.15. The van der Waals surface area contributed by atoms with Gasteiger partial charge in [0.1, 0.15) is 6.04 Å². The molecule has 0 aliphatic carbocycles. The Kier molecular flexibility index (Phi) is 6.20. The summed E-state index contributed by atoms with van der Waals surface area (Å²) in [6.45, 7) is 7.57. The van der Waals surface area contributed by atoms with E-state index in [-0.39, 0.29) is 17.7 Å². The van der Waals surface area contributed by atoms with Crippen LogP contribution in [0.5, 0.6) is 0 Å². The third-order valence-electron chi connectivity index (χ3n) is 4.45. The van der Waals surface area contributed by atoms with Crippen molar-refractivity contribution in [1.29, 1.82) is 0 Å². The largest absolute Gasteiger partial charge is 0.341 e.